The van der Waals surface area contributed by atoms with E-state index in [0.29, 0.717) is 5.56 Å². The van der Waals surface area contributed by atoms with Crippen LogP contribution in [-0.2, 0) is 19.6 Å². The maximum Gasteiger partial charge on any atom is 0.305 e. The van der Waals surface area contributed by atoms with Gasteiger partial charge in [-0.2, -0.15) is 0 Å². The summed E-state index contributed by atoms with van der Waals surface area (Å²) in [6, 6.07) is 2.45. The molecule has 20 heavy (non-hydrogen) atoms. The van der Waals surface area contributed by atoms with Crippen LogP contribution < -0.4 is 4.72 Å². The van der Waals surface area contributed by atoms with Crippen molar-refractivity contribution < 1.29 is 27.4 Å². The molecule has 0 bridgehead atoms. The fourth-order valence-electron chi connectivity index (χ4n) is 1.69. The van der Waals surface area contributed by atoms with E-state index in [1.807, 2.05) is 0 Å². The minimum absolute atomic E-state index is 0.0974. The zero-order chi connectivity index (χ0) is 15.3. The lowest BCUT2D eigenvalue weighted by atomic mass is 10.2. The van der Waals surface area contributed by atoms with Gasteiger partial charge in [-0.15, -0.1) is 0 Å². The zero-order valence-electron chi connectivity index (χ0n) is 11.1. The van der Waals surface area contributed by atoms with Crippen LogP contribution >= 0.6 is 0 Å². The van der Waals surface area contributed by atoms with Crippen molar-refractivity contribution in [1.29, 1.82) is 0 Å². The Morgan fingerprint density at radius 1 is 1.45 bits per heavy atom. The zero-order valence-corrected chi connectivity index (χ0v) is 11.9. The highest BCUT2D eigenvalue weighted by Gasteiger charge is 2.22. The van der Waals surface area contributed by atoms with Gasteiger partial charge in [0.15, 0.2) is 0 Å². The number of carbonyl (C=O) groups is 1. The molecule has 0 unspecified atom stereocenters. The molecule has 0 spiro atoms. The lowest BCUT2D eigenvalue weighted by molar-refractivity contribution is -0.137. The van der Waals surface area contributed by atoms with Gasteiger partial charge < -0.3 is 9.84 Å². The van der Waals surface area contributed by atoms with E-state index in [9.17, 15) is 17.6 Å². The van der Waals surface area contributed by atoms with Crippen molar-refractivity contribution >= 4 is 16.0 Å². The molecular formula is C12H16FNO5S. The number of hydrogen-bond donors (Lipinski definition) is 2. The SMILES string of the molecule is COC[C@@H](CC(=O)O)NS(=O)(=O)c1cc(C)cc(F)c1. The first-order chi connectivity index (χ1) is 9.24. The Hall–Kier alpha value is -1.51. The first-order valence-corrected chi connectivity index (χ1v) is 7.23. The monoisotopic (exact) mass is 305 g/mol. The molecule has 0 radical (unpaired) electrons. The Morgan fingerprint density at radius 2 is 2.10 bits per heavy atom. The molecular weight excluding hydrogens is 289 g/mol. The summed E-state index contributed by atoms with van der Waals surface area (Å²) in [6.07, 6.45) is -0.429. The standard InChI is InChI=1S/C12H16FNO5S/c1-8-3-9(13)5-11(4-8)20(17,18)14-10(7-19-2)6-12(15)16/h3-5,10,14H,6-7H2,1-2H3,(H,15,16)/t10-/m1/s1. The summed E-state index contributed by atoms with van der Waals surface area (Å²) in [5, 5.41) is 8.72. The normalized spacial score (nSPS) is 13.2. The van der Waals surface area contributed by atoms with Gasteiger partial charge in [-0.25, -0.2) is 17.5 Å². The Kier molecular flexibility index (Phi) is 5.61. The van der Waals surface area contributed by atoms with Crippen LogP contribution in [0.5, 0.6) is 0 Å². The molecule has 0 saturated heterocycles. The van der Waals surface area contributed by atoms with E-state index in [0.717, 1.165) is 6.07 Å². The number of methoxy groups -OCH3 is 1. The number of sulfonamides is 1. The summed E-state index contributed by atoms with van der Waals surface area (Å²) >= 11 is 0. The minimum Gasteiger partial charge on any atom is -0.481 e. The summed E-state index contributed by atoms with van der Waals surface area (Å²) in [5.74, 6) is -1.84. The quantitative estimate of drug-likeness (QED) is 0.781. The van der Waals surface area contributed by atoms with Gasteiger partial charge in [0, 0.05) is 7.11 Å². The second kappa shape index (κ2) is 6.78. The lowest BCUT2D eigenvalue weighted by Crippen LogP contribution is -2.39. The van der Waals surface area contributed by atoms with Gasteiger partial charge in [0.1, 0.15) is 5.82 Å². The minimum atomic E-state index is -4.01. The van der Waals surface area contributed by atoms with E-state index in [1.54, 1.807) is 6.92 Å². The smallest absolute Gasteiger partial charge is 0.305 e. The van der Waals surface area contributed by atoms with Crippen LogP contribution in [0.3, 0.4) is 0 Å². The molecule has 0 saturated carbocycles. The van der Waals surface area contributed by atoms with E-state index in [-0.39, 0.29) is 11.5 Å². The Morgan fingerprint density at radius 3 is 2.60 bits per heavy atom. The number of benzene rings is 1. The molecule has 1 aromatic carbocycles. The molecule has 0 aromatic heterocycles. The second-order valence-corrected chi connectivity index (χ2v) is 6.05. The molecule has 0 aliphatic rings. The van der Waals surface area contributed by atoms with Gasteiger partial charge in [0.2, 0.25) is 10.0 Å². The Bertz CT molecular complexity index is 567. The third kappa shape index (κ3) is 4.87. The fraction of sp³-hybridized carbons (Fsp3) is 0.417. The van der Waals surface area contributed by atoms with E-state index in [1.165, 1.54) is 19.2 Å². The average Bonchev–Trinajstić information content (AvgIpc) is 2.26. The third-order valence-corrected chi connectivity index (χ3v) is 3.94. The topological polar surface area (TPSA) is 92.7 Å². The summed E-state index contributed by atoms with van der Waals surface area (Å²) in [7, 11) is -2.68. The van der Waals surface area contributed by atoms with Crippen LogP contribution in [0, 0.1) is 12.7 Å². The van der Waals surface area contributed by atoms with Gasteiger partial charge in [-0.1, -0.05) is 0 Å². The predicted molar refractivity (Wildman–Crippen MR) is 69.4 cm³/mol. The highest BCUT2D eigenvalue weighted by Crippen LogP contribution is 2.14. The van der Waals surface area contributed by atoms with E-state index in [2.05, 4.69) is 4.72 Å². The van der Waals surface area contributed by atoms with Crippen molar-refractivity contribution in [2.45, 2.75) is 24.3 Å². The van der Waals surface area contributed by atoms with Crippen molar-refractivity contribution in [1.82, 2.24) is 4.72 Å². The third-order valence-electron chi connectivity index (χ3n) is 2.44. The number of nitrogens with one attached hydrogen (secondary N) is 1. The number of hydrogen-bond acceptors (Lipinski definition) is 4. The van der Waals surface area contributed by atoms with Crippen molar-refractivity contribution in [3.63, 3.8) is 0 Å². The summed E-state index contributed by atoms with van der Waals surface area (Å²) in [5.41, 5.74) is 0.451. The highest BCUT2D eigenvalue weighted by molar-refractivity contribution is 7.89. The lowest BCUT2D eigenvalue weighted by Gasteiger charge is -2.16. The number of aliphatic carboxylic acids is 1. The molecule has 112 valence electrons. The van der Waals surface area contributed by atoms with Crippen molar-refractivity contribution in [2.24, 2.45) is 0 Å². The van der Waals surface area contributed by atoms with Crippen LogP contribution in [0.2, 0.25) is 0 Å². The molecule has 2 N–H and O–H groups in total. The van der Waals surface area contributed by atoms with Gasteiger partial charge in [-0.3, -0.25) is 4.79 Å². The molecule has 0 aliphatic heterocycles. The number of ether oxygens (including phenoxy) is 1. The number of rotatable bonds is 7. The molecule has 8 heteroatoms. The van der Waals surface area contributed by atoms with E-state index in [4.69, 9.17) is 9.84 Å². The van der Waals surface area contributed by atoms with Crippen molar-refractivity contribution in [2.75, 3.05) is 13.7 Å². The van der Waals surface area contributed by atoms with Gasteiger partial charge >= 0.3 is 5.97 Å². The summed E-state index contributed by atoms with van der Waals surface area (Å²) < 4.78 is 44.4. The largest absolute Gasteiger partial charge is 0.481 e. The molecule has 1 atom stereocenters. The van der Waals surface area contributed by atoms with Crippen LogP contribution in [0.4, 0.5) is 4.39 Å². The van der Waals surface area contributed by atoms with Crippen molar-refractivity contribution in [3.8, 4) is 0 Å². The molecule has 0 aliphatic carbocycles. The fourth-order valence-corrected chi connectivity index (χ4v) is 3.03. The molecule has 0 fully saturated rings. The number of carboxylic acids is 1. The van der Waals surface area contributed by atoms with Gasteiger partial charge in [-0.05, 0) is 30.7 Å². The van der Waals surface area contributed by atoms with Crippen LogP contribution in [-0.4, -0.2) is 39.3 Å². The van der Waals surface area contributed by atoms with Crippen molar-refractivity contribution in [3.05, 3.63) is 29.6 Å². The van der Waals surface area contributed by atoms with Gasteiger partial charge in [0.05, 0.1) is 24.0 Å². The summed E-state index contributed by atoms with van der Waals surface area (Å²) in [6.45, 7) is 1.46. The predicted octanol–water partition coefficient (Wildman–Crippen LogP) is 0.902. The Labute approximate surface area is 116 Å². The molecule has 1 aromatic rings. The number of halogens is 1. The molecule has 0 heterocycles. The second-order valence-electron chi connectivity index (χ2n) is 4.34. The number of aryl methyl sites for hydroxylation is 1. The maximum absolute atomic E-state index is 13.2. The average molecular weight is 305 g/mol. The molecule has 0 amide bonds. The maximum atomic E-state index is 13.2. The first-order valence-electron chi connectivity index (χ1n) is 5.75. The molecule has 6 nitrogen and oxygen atoms in total. The van der Waals surface area contributed by atoms with E-state index < -0.39 is 34.3 Å². The van der Waals surface area contributed by atoms with Crippen LogP contribution in [0.1, 0.15) is 12.0 Å². The van der Waals surface area contributed by atoms with Crippen LogP contribution in [0.25, 0.3) is 0 Å². The molecule has 1 rings (SSSR count). The summed E-state index contributed by atoms with van der Waals surface area (Å²) in [4.78, 5) is 10.4. The number of carboxylic acid groups (broad SMARTS) is 1. The van der Waals surface area contributed by atoms with Crippen LogP contribution in [0.15, 0.2) is 23.1 Å². The Balaban J connectivity index is 2.99. The first kappa shape index (κ1) is 16.5. The highest BCUT2D eigenvalue weighted by atomic mass is 32.2. The van der Waals surface area contributed by atoms with E-state index >= 15 is 0 Å². The van der Waals surface area contributed by atoms with Gasteiger partial charge in [0.25, 0.3) is 0 Å².